The van der Waals surface area contributed by atoms with Crippen LogP contribution in [0.1, 0.15) is 5.56 Å². The van der Waals surface area contributed by atoms with E-state index in [2.05, 4.69) is 119 Å². The number of rotatable bonds is 6. The number of hydrogen-bond donors (Lipinski definition) is 0. The zero-order valence-electron chi connectivity index (χ0n) is 31.9. The Morgan fingerprint density at radius 2 is 1.12 bits per heavy atom. The Balaban J connectivity index is 1.23. The minimum Gasteiger partial charge on any atom is -0.308 e. The van der Waals surface area contributed by atoms with Gasteiger partial charge < -0.3 is 4.57 Å². The third-order valence-electron chi connectivity index (χ3n) is 11.1. The molecule has 3 heterocycles. The Kier molecular flexibility index (Phi) is 8.34. The molecule has 0 fully saturated rings. The van der Waals surface area contributed by atoms with Crippen LogP contribution in [0.4, 0.5) is 5.69 Å². The fourth-order valence-corrected chi connectivity index (χ4v) is 9.50. The number of benzene rings is 8. The molecule has 0 amide bonds. The SMILES string of the molecule is [C-]#[N+]c1ccc(-c2ccc3c4ccccc4n(-c4ccc(-c5cccc6sc7ccccc7c56)cc4-c4nc(-c5ccccc5)nc(-c5ccccc5)n4)c3c2)c(C#N)c1. The molecule has 0 atom stereocenters. The molecule has 0 N–H and O–H groups in total. The molecule has 0 aliphatic heterocycles. The quantitative estimate of drug-likeness (QED) is 0.158. The third-order valence-corrected chi connectivity index (χ3v) is 12.3. The maximum absolute atomic E-state index is 10.2. The van der Waals surface area contributed by atoms with E-state index in [9.17, 15) is 5.26 Å². The lowest BCUT2D eigenvalue weighted by molar-refractivity contribution is 1.06. The van der Waals surface area contributed by atoms with Gasteiger partial charge in [0.2, 0.25) is 0 Å². The van der Waals surface area contributed by atoms with E-state index in [0.717, 1.165) is 66.4 Å². The number of hydrogen-bond acceptors (Lipinski definition) is 5. The number of aromatic nitrogens is 4. The van der Waals surface area contributed by atoms with E-state index in [1.165, 1.54) is 20.2 Å². The van der Waals surface area contributed by atoms with Crippen LogP contribution >= 0.6 is 11.3 Å². The van der Waals surface area contributed by atoms with Crippen LogP contribution in [0.2, 0.25) is 0 Å². The Morgan fingerprint density at radius 3 is 1.87 bits per heavy atom. The van der Waals surface area contributed by atoms with Crippen LogP contribution in [-0.2, 0) is 0 Å². The van der Waals surface area contributed by atoms with Crippen molar-refractivity contribution in [2.75, 3.05) is 0 Å². The first-order chi connectivity index (χ1) is 29.6. The van der Waals surface area contributed by atoms with Gasteiger partial charge in [0.25, 0.3) is 0 Å². The Morgan fingerprint density at radius 1 is 0.483 bits per heavy atom. The standard InChI is InChI=1S/C53H30N6S/c1-55-38-25-27-39(37(29-38)32-54)36-23-26-42-41-17-8-10-20-45(41)59(47(42)31-36)46-28-24-35(40-19-12-22-49-50(40)43-18-9-11-21-48(43)60-49)30-44(46)53-57-51(33-13-4-2-5-14-33)56-52(58-53)34-15-6-3-7-16-34/h2-31H. The van der Waals surface area contributed by atoms with E-state index in [1.807, 2.05) is 66.7 Å². The summed E-state index contributed by atoms with van der Waals surface area (Å²) in [6.45, 7) is 7.53. The summed E-state index contributed by atoms with van der Waals surface area (Å²) < 4.78 is 4.77. The minimum atomic E-state index is 0.434. The summed E-state index contributed by atoms with van der Waals surface area (Å²) in [4.78, 5) is 19.2. The van der Waals surface area contributed by atoms with Crippen molar-refractivity contribution in [2.45, 2.75) is 0 Å². The average molecular weight is 783 g/mol. The predicted molar refractivity (Wildman–Crippen MR) is 245 cm³/mol. The molecule has 7 heteroatoms. The maximum Gasteiger partial charge on any atom is 0.188 e. The molecule has 278 valence electrons. The topological polar surface area (TPSA) is 71.8 Å². The third kappa shape index (κ3) is 5.81. The summed E-state index contributed by atoms with van der Waals surface area (Å²) >= 11 is 1.81. The summed E-state index contributed by atoms with van der Waals surface area (Å²) in [6, 6.07) is 64.3. The lowest BCUT2D eigenvalue weighted by Crippen LogP contribution is -2.04. The van der Waals surface area contributed by atoms with E-state index in [0.29, 0.717) is 28.7 Å². The predicted octanol–water partition coefficient (Wildman–Crippen LogP) is 14.1. The highest BCUT2D eigenvalue weighted by Gasteiger charge is 2.22. The highest BCUT2D eigenvalue weighted by atomic mass is 32.1. The van der Waals surface area contributed by atoms with E-state index >= 15 is 0 Å². The molecule has 0 saturated heterocycles. The zero-order chi connectivity index (χ0) is 40.2. The van der Waals surface area contributed by atoms with Gasteiger partial charge in [-0.05, 0) is 64.7 Å². The van der Waals surface area contributed by atoms with Gasteiger partial charge in [-0.3, -0.25) is 0 Å². The first-order valence-corrected chi connectivity index (χ1v) is 20.3. The van der Waals surface area contributed by atoms with Crippen molar-refractivity contribution in [3.63, 3.8) is 0 Å². The van der Waals surface area contributed by atoms with Gasteiger partial charge in [-0.2, -0.15) is 5.26 Å². The molecule has 0 aliphatic rings. The smallest absolute Gasteiger partial charge is 0.188 e. The number of thiophene rings is 1. The summed E-state index contributed by atoms with van der Waals surface area (Å²) in [5, 5.41) is 14.8. The van der Waals surface area contributed by atoms with Gasteiger partial charge in [0.05, 0.1) is 29.4 Å². The molecule has 60 heavy (non-hydrogen) atoms. The van der Waals surface area contributed by atoms with Crippen molar-refractivity contribution < 1.29 is 0 Å². The van der Waals surface area contributed by atoms with Gasteiger partial charge in [-0.1, -0.05) is 140 Å². The molecule has 0 radical (unpaired) electrons. The number of para-hydroxylation sites is 1. The molecule has 0 spiro atoms. The summed E-state index contributed by atoms with van der Waals surface area (Å²) in [5.41, 5.74) is 10.2. The van der Waals surface area contributed by atoms with E-state index in [1.54, 1.807) is 23.5 Å². The first-order valence-electron chi connectivity index (χ1n) is 19.5. The fourth-order valence-electron chi connectivity index (χ4n) is 8.37. The monoisotopic (exact) mass is 782 g/mol. The lowest BCUT2D eigenvalue weighted by atomic mass is 9.96. The molecule has 0 bridgehead atoms. The van der Waals surface area contributed by atoms with Gasteiger partial charge in [0.15, 0.2) is 23.2 Å². The second-order valence-electron chi connectivity index (χ2n) is 14.6. The normalized spacial score (nSPS) is 11.3. The van der Waals surface area contributed by atoms with Crippen LogP contribution in [-0.4, -0.2) is 19.5 Å². The largest absolute Gasteiger partial charge is 0.308 e. The molecular formula is C53H30N6S. The van der Waals surface area contributed by atoms with Gasteiger partial charge in [0.1, 0.15) is 0 Å². The van der Waals surface area contributed by atoms with Crippen LogP contribution in [0, 0.1) is 17.9 Å². The maximum atomic E-state index is 10.2. The molecule has 11 rings (SSSR count). The Hall–Kier alpha value is -8.23. The molecule has 0 unspecified atom stereocenters. The first kappa shape index (κ1) is 35.0. The summed E-state index contributed by atoms with van der Waals surface area (Å²) in [5.74, 6) is 1.71. The minimum absolute atomic E-state index is 0.434. The van der Waals surface area contributed by atoms with Crippen molar-refractivity contribution in [3.8, 4) is 68.2 Å². The number of fused-ring (bicyclic) bond motifs is 6. The molecule has 6 nitrogen and oxygen atoms in total. The Labute approximate surface area is 349 Å². The van der Waals surface area contributed by atoms with Gasteiger partial charge >= 0.3 is 0 Å². The van der Waals surface area contributed by atoms with Crippen molar-refractivity contribution in [1.29, 1.82) is 5.26 Å². The van der Waals surface area contributed by atoms with Crippen LogP contribution in [0.25, 0.3) is 109 Å². The van der Waals surface area contributed by atoms with E-state index in [4.69, 9.17) is 21.5 Å². The molecule has 11 aromatic rings. The van der Waals surface area contributed by atoms with Gasteiger partial charge in [-0.25, -0.2) is 19.8 Å². The summed E-state index contributed by atoms with van der Waals surface area (Å²) in [6.07, 6.45) is 0. The summed E-state index contributed by atoms with van der Waals surface area (Å²) in [7, 11) is 0. The second kappa shape index (κ2) is 14.3. The van der Waals surface area contributed by atoms with E-state index in [-0.39, 0.29) is 0 Å². The second-order valence-corrected chi connectivity index (χ2v) is 15.7. The van der Waals surface area contributed by atoms with Crippen LogP contribution < -0.4 is 0 Å². The van der Waals surface area contributed by atoms with Gasteiger partial charge in [0, 0.05) is 53.2 Å². The van der Waals surface area contributed by atoms with Crippen molar-refractivity contribution >= 4 is 59.0 Å². The van der Waals surface area contributed by atoms with Crippen LogP contribution in [0.5, 0.6) is 0 Å². The van der Waals surface area contributed by atoms with Crippen molar-refractivity contribution in [2.24, 2.45) is 0 Å². The number of nitrogens with zero attached hydrogens (tertiary/aromatic N) is 6. The molecular weight excluding hydrogens is 753 g/mol. The van der Waals surface area contributed by atoms with Crippen LogP contribution in [0.15, 0.2) is 182 Å². The van der Waals surface area contributed by atoms with Crippen molar-refractivity contribution in [3.05, 3.63) is 199 Å². The highest BCUT2D eigenvalue weighted by Crippen LogP contribution is 2.43. The van der Waals surface area contributed by atoms with Gasteiger partial charge in [-0.15, -0.1) is 11.3 Å². The molecule has 0 saturated carbocycles. The van der Waals surface area contributed by atoms with E-state index < -0.39 is 0 Å². The van der Waals surface area contributed by atoms with Crippen LogP contribution in [0.3, 0.4) is 0 Å². The fraction of sp³-hybridized carbons (Fsp3) is 0. The molecule has 0 aliphatic carbocycles. The highest BCUT2D eigenvalue weighted by molar-refractivity contribution is 7.25. The molecule has 3 aromatic heterocycles. The zero-order valence-corrected chi connectivity index (χ0v) is 32.7. The average Bonchev–Trinajstić information content (AvgIpc) is 3.87. The number of nitriles is 1. The Bertz CT molecular complexity index is 3520. The van der Waals surface area contributed by atoms with Crippen molar-refractivity contribution in [1.82, 2.24) is 19.5 Å². The molecule has 8 aromatic carbocycles. The lowest BCUT2D eigenvalue weighted by Gasteiger charge is -2.17.